The zero-order chi connectivity index (χ0) is 17.6. The summed E-state index contributed by atoms with van der Waals surface area (Å²) in [6.07, 6.45) is 11.9. The van der Waals surface area contributed by atoms with Gasteiger partial charge in [0.1, 0.15) is 0 Å². The van der Waals surface area contributed by atoms with Gasteiger partial charge in [-0.3, -0.25) is 9.97 Å². The minimum atomic E-state index is 0.912. The van der Waals surface area contributed by atoms with Crippen molar-refractivity contribution in [2.75, 3.05) is 0 Å². The maximum atomic E-state index is 4.56. The fourth-order valence-corrected chi connectivity index (χ4v) is 2.87. The molecular formula is C24H18N2. The summed E-state index contributed by atoms with van der Waals surface area (Å²) in [5.41, 5.74) is 6.28. The lowest BCUT2D eigenvalue weighted by molar-refractivity contribution is 1.29. The van der Waals surface area contributed by atoms with Crippen molar-refractivity contribution < 1.29 is 0 Å². The smallest absolute Gasteiger partial charge is 0.0965 e. The summed E-state index contributed by atoms with van der Waals surface area (Å²) in [5.74, 6) is 0. The molecule has 0 bridgehead atoms. The monoisotopic (exact) mass is 334 g/mol. The summed E-state index contributed by atoms with van der Waals surface area (Å²) in [4.78, 5) is 9.12. The van der Waals surface area contributed by atoms with Crippen LogP contribution >= 0.6 is 0 Å². The molecule has 26 heavy (non-hydrogen) atoms. The number of fused-ring (bicyclic) bond motifs is 1. The lowest BCUT2D eigenvalue weighted by atomic mass is 10.0. The molecule has 4 rings (SSSR count). The first-order valence-electron chi connectivity index (χ1n) is 8.60. The van der Waals surface area contributed by atoms with Gasteiger partial charge in [0.05, 0.1) is 11.0 Å². The second-order valence-corrected chi connectivity index (χ2v) is 5.99. The van der Waals surface area contributed by atoms with E-state index in [9.17, 15) is 0 Å². The summed E-state index contributed by atoms with van der Waals surface area (Å²) in [7, 11) is 0. The number of rotatable bonds is 4. The first kappa shape index (κ1) is 16.0. The Morgan fingerprint density at radius 3 is 1.31 bits per heavy atom. The van der Waals surface area contributed by atoms with Gasteiger partial charge in [-0.1, -0.05) is 97.1 Å². The molecule has 2 nitrogen and oxygen atoms in total. The minimum Gasteiger partial charge on any atom is -0.252 e. The summed E-state index contributed by atoms with van der Waals surface area (Å²) in [6, 6.07) is 24.7. The zero-order valence-corrected chi connectivity index (χ0v) is 14.3. The minimum absolute atomic E-state index is 0.912. The Bertz CT molecular complexity index is 977. The number of nitrogens with zero attached hydrogens (tertiary/aromatic N) is 2. The third-order valence-electron chi connectivity index (χ3n) is 4.20. The molecule has 0 aliphatic heterocycles. The molecule has 0 N–H and O–H groups in total. The Hall–Kier alpha value is -3.52. The van der Waals surface area contributed by atoms with Crippen LogP contribution in [0.25, 0.3) is 35.3 Å². The third-order valence-corrected chi connectivity index (χ3v) is 4.20. The fourth-order valence-electron chi connectivity index (χ4n) is 2.87. The quantitative estimate of drug-likeness (QED) is 0.430. The van der Waals surface area contributed by atoms with Crippen molar-refractivity contribution in [3.05, 3.63) is 107 Å². The topological polar surface area (TPSA) is 25.8 Å². The fraction of sp³-hybridized carbons (Fsp3) is 0. The van der Waals surface area contributed by atoms with Crippen LogP contribution in [0.3, 0.4) is 0 Å². The summed E-state index contributed by atoms with van der Waals surface area (Å²) in [5, 5.41) is 0. The molecule has 0 amide bonds. The third kappa shape index (κ3) is 3.60. The van der Waals surface area contributed by atoms with Crippen molar-refractivity contribution in [1.82, 2.24) is 9.97 Å². The van der Waals surface area contributed by atoms with Crippen molar-refractivity contribution in [2.24, 2.45) is 0 Å². The zero-order valence-electron chi connectivity index (χ0n) is 14.3. The second-order valence-electron chi connectivity index (χ2n) is 5.99. The van der Waals surface area contributed by atoms with E-state index in [-0.39, 0.29) is 0 Å². The molecule has 0 spiro atoms. The van der Waals surface area contributed by atoms with Gasteiger partial charge in [-0.2, -0.15) is 0 Å². The van der Waals surface area contributed by atoms with E-state index in [0.29, 0.717) is 0 Å². The predicted molar refractivity (Wildman–Crippen MR) is 110 cm³/mol. The molecule has 0 aliphatic carbocycles. The normalized spacial score (nSPS) is 11.5. The second kappa shape index (κ2) is 7.58. The molecule has 3 aromatic carbocycles. The van der Waals surface area contributed by atoms with Gasteiger partial charge in [0.15, 0.2) is 0 Å². The largest absolute Gasteiger partial charge is 0.252 e. The first-order chi connectivity index (χ1) is 12.9. The highest BCUT2D eigenvalue weighted by atomic mass is 14.8. The molecule has 0 saturated carbocycles. The number of hydrogen-bond donors (Lipinski definition) is 0. The van der Waals surface area contributed by atoms with Crippen LogP contribution in [0.1, 0.15) is 22.3 Å². The highest BCUT2D eigenvalue weighted by Gasteiger charge is 2.04. The first-order valence-corrected chi connectivity index (χ1v) is 8.60. The van der Waals surface area contributed by atoms with Crippen LogP contribution in [-0.4, -0.2) is 9.97 Å². The molecule has 1 heterocycles. The predicted octanol–water partition coefficient (Wildman–Crippen LogP) is 5.97. The Labute approximate surface area is 153 Å². The van der Waals surface area contributed by atoms with Crippen LogP contribution in [0, 0.1) is 0 Å². The van der Waals surface area contributed by atoms with Crippen molar-refractivity contribution in [1.29, 1.82) is 0 Å². The van der Waals surface area contributed by atoms with Gasteiger partial charge in [0.25, 0.3) is 0 Å². The highest BCUT2D eigenvalue weighted by Crippen LogP contribution is 2.22. The molecule has 2 heteroatoms. The number of benzene rings is 3. The van der Waals surface area contributed by atoms with E-state index < -0.39 is 0 Å². The number of aromatic nitrogens is 2. The van der Waals surface area contributed by atoms with E-state index in [4.69, 9.17) is 0 Å². The van der Waals surface area contributed by atoms with Crippen LogP contribution in [-0.2, 0) is 0 Å². The average Bonchev–Trinajstić information content (AvgIpc) is 2.72. The van der Waals surface area contributed by atoms with Gasteiger partial charge in [-0.05, 0) is 11.1 Å². The molecule has 0 fully saturated rings. The summed E-state index contributed by atoms with van der Waals surface area (Å²) < 4.78 is 0. The van der Waals surface area contributed by atoms with Crippen LogP contribution in [0.4, 0.5) is 0 Å². The molecule has 4 aromatic rings. The van der Waals surface area contributed by atoms with Gasteiger partial charge < -0.3 is 0 Å². The number of hydrogen-bond acceptors (Lipinski definition) is 2. The SMILES string of the molecule is C(=Cc1ccc(C=Cc2ccccc2)c2nccnc12)c1ccccc1. The molecule has 124 valence electrons. The molecule has 0 atom stereocenters. The lowest BCUT2D eigenvalue weighted by Crippen LogP contribution is -1.89. The summed E-state index contributed by atoms with van der Waals surface area (Å²) >= 11 is 0. The molecular weight excluding hydrogens is 316 g/mol. The van der Waals surface area contributed by atoms with E-state index in [2.05, 4.69) is 70.7 Å². The summed E-state index contributed by atoms with van der Waals surface area (Å²) in [6.45, 7) is 0. The average molecular weight is 334 g/mol. The van der Waals surface area contributed by atoms with E-state index in [1.807, 2.05) is 36.4 Å². The highest BCUT2D eigenvalue weighted by molar-refractivity contribution is 5.94. The van der Waals surface area contributed by atoms with E-state index in [1.54, 1.807) is 12.4 Å². The van der Waals surface area contributed by atoms with Crippen molar-refractivity contribution in [3.63, 3.8) is 0 Å². The van der Waals surface area contributed by atoms with E-state index in [0.717, 1.165) is 33.3 Å². The van der Waals surface area contributed by atoms with Gasteiger partial charge in [0.2, 0.25) is 0 Å². The van der Waals surface area contributed by atoms with Crippen LogP contribution in [0.5, 0.6) is 0 Å². The van der Waals surface area contributed by atoms with Crippen molar-refractivity contribution >= 4 is 35.3 Å². The van der Waals surface area contributed by atoms with Crippen molar-refractivity contribution in [3.8, 4) is 0 Å². The van der Waals surface area contributed by atoms with Gasteiger partial charge >= 0.3 is 0 Å². The maximum absolute atomic E-state index is 4.56. The molecule has 1 aromatic heterocycles. The van der Waals surface area contributed by atoms with Crippen LogP contribution in [0.2, 0.25) is 0 Å². The Morgan fingerprint density at radius 2 is 0.885 bits per heavy atom. The maximum Gasteiger partial charge on any atom is 0.0965 e. The van der Waals surface area contributed by atoms with Crippen molar-refractivity contribution in [2.45, 2.75) is 0 Å². The Balaban J connectivity index is 1.72. The van der Waals surface area contributed by atoms with E-state index >= 15 is 0 Å². The molecule has 0 saturated heterocycles. The lowest BCUT2D eigenvalue weighted by Gasteiger charge is -2.04. The molecule has 0 unspecified atom stereocenters. The Kier molecular flexibility index (Phi) is 4.66. The standard InChI is InChI=1S/C24H18N2/c1-3-7-19(8-4-1)11-13-21-15-16-22(24-23(21)25-17-18-26-24)14-12-20-9-5-2-6-10-20/h1-18H. The Morgan fingerprint density at radius 1 is 0.462 bits per heavy atom. The van der Waals surface area contributed by atoms with Gasteiger partial charge in [-0.15, -0.1) is 0 Å². The van der Waals surface area contributed by atoms with Crippen LogP contribution < -0.4 is 0 Å². The van der Waals surface area contributed by atoms with Gasteiger partial charge in [0, 0.05) is 23.5 Å². The van der Waals surface area contributed by atoms with Crippen LogP contribution in [0.15, 0.2) is 85.2 Å². The van der Waals surface area contributed by atoms with E-state index in [1.165, 1.54) is 0 Å². The molecule has 0 radical (unpaired) electrons. The van der Waals surface area contributed by atoms with Gasteiger partial charge in [-0.25, -0.2) is 0 Å². The molecule has 0 aliphatic rings.